The molecular formula is C17H18ClNO3. The standard InChI is InChI=1S/C17H18ClNO3/c1-12-5-4-10-19(11-12)17(20)15-8-9-16(22-15)21-14-7-3-2-6-13(14)18/h2-3,6-9,12H,4-5,10-11H2,1H3. The van der Waals surface area contributed by atoms with Gasteiger partial charge in [-0.2, -0.15) is 0 Å². The van der Waals surface area contributed by atoms with Crippen molar-refractivity contribution in [2.75, 3.05) is 13.1 Å². The second kappa shape index (κ2) is 6.44. The number of ether oxygens (including phenoxy) is 1. The van der Waals surface area contributed by atoms with Gasteiger partial charge in [0.05, 0.1) is 5.02 Å². The maximum absolute atomic E-state index is 12.4. The maximum Gasteiger partial charge on any atom is 0.290 e. The van der Waals surface area contributed by atoms with Crippen LogP contribution in [0.4, 0.5) is 0 Å². The first kappa shape index (κ1) is 15.0. The number of halogens is 1. The molecule has 5 heteroatoms. The van der Waals surface area contributed by atoms with Crippen LogP contribution in [-0.4, -0.2) is 23.9 Å². The van der Waals surface area contributed by atoms with Gasteiger partial charge >= 0.3 is 0 Å². The van der Waals surface area contributed by atoms with Crippen molar-refractivity contribution in [3.63, 3.8) is 0 Å². The van der Waals surface area contributed by atoms with Crippen LogP contribution in [0.5, 0.6) is 11.7 Å². The van der Waals surface area contributed by atoms with E-state index < -0.39 is 0 Å². The van der Waals surface area contributed by atoms with E-state index in [0.717, 1.165) is 19.5 Å². The van der Waals surface area contributed by atoms with Crippen LogP contribution in [0, 0.1) is 5.92 Å². The topological polar surface area (TPSA) is 42.7 Å². The van der Waals surface area contributed by atoms with E-state index in [1.54, 1.807) is 24.3 Å². The van der Waals surface area contributed by atoms with E-state index in [4.69, 9.17) is 20.8 Å². The minimum absolute atomic E-state index is 0.0828. The molecule has 1 aliphatic rings. The smallest absolute Gasteiger partial charge is 0.290 e. The number of furan rings is 1. The lowest BCUT2D eigenvalue weighted by molar-refractivity contribution is 0.0646. The Labute approximate surface area is 134 Å². The molecule has 1 amide bonds. The third-order valence-electron chi connectivity index (χ3n) is 3.78. The van der Waals surface area contributed by atoms with Gasteiger partial charge < -0.3 is 14.1 Å². The predicted octanol–water partition coefficient (Wildman–Crippen LogP) is 4.60. The number of para-hydroxylation sites is 1. The number of carbonyl (C=O) groups is 1. The SMILES string of the molecule is CC1CCCN(C(=O)c2ccc(Oc3ccccc3Cl)o2)C1. The molecule has 1 atom stereocenters. The summed E-state index contributed by atoms with van der Waals surface area (Å²) in [6, 6.07) is 10.4. The third kappa shape index (κ3) is 3.28. The second-order valence-corrected chi connectivity index (χ2v) is 6.06. The van der Waals surface area contributed by atoms with Crippen LogP contribution in [0.25, 0.3) is 0 Å². The number of likely N-dealkylation sites (tertiary alicyclic amines) is 1. The molecule has 3 rings (SSSR count). The molecule has 0 radical (unpaired) electrons. The average Bonchev–Trinajstić information content (AvgIpc) is 2.97. The third-order valence-corrected chi connectivity index (χ3v) is 4.10. The van der Waals surface area contributed by atoms with Gasteiger partial charge in [0, 0.05) is 19.2 Å². The van der Waals surface area contributed by atoms with Gasteiger partial charge in [0.2, 0.25) is 0 Å². The molecule has 1 unspecified atom stereocenters. The first-order valence-electron chi connectivity index (χ1n) is 7.45. The van der Waals surface area contributed by atoms with Crippen molar-refractivity contribution in [1.29, 1.82) is 0 Å². The highest BCUT2D eigenvalue weighted by atomic mass is 35.5. The molecule has 0 bridgehead atoms. The monoisotopic (exact) mass is 319 g/mol. The molecule has 1 fully saturated rings. The summed E-state index contributed by atoms with van der Waals surface area (Å²) in [5.74, 6) is 1.52. The fourth-order valence-corrected chi connectivity index (χ4v) is 2.83. The Morgan fingerprint density at radius 1 is 1.32 bits per heavy atom. The van der Waals surface area contributed by atoms with Gasteiger partial charge in [-0.05, 0) is 37.0 Å². The molecule has 22 heavy (non-hydrogen) atoms. The van der Waals surface area contributed by atoms with Gasteiger partial charge in [-0.3, -0.25) is 4.79 Å². The fourth-order valence-electron chi connectivity index (χ4n) is 2.66. The lowest BCUT2D eigenvalue weighted by atomic mass is 10.0. The van der Waals surface area contributed by atoms with Crippen molar-refractivity contribution in [1.82, 2.24) is 4.90 Å². The van der Waals surface area contributed by atoms with E-state index in [2.05, 4.69) is 6.92 Å². The summed E-state index contributed by atoms with van der Waals surface area (Å²) in [6.45, 7) is 3.72. The summed E-state index contributed by atoms with van der Waals surface area (Å²) in [6.07, 6.45) is 2.21. The van der Waals surface area contributed by atoms with Crippen LogP contribution in [0.15, 0.2) is 40.8 Å². The van der Waals surface area contributed by atoms with Crippen LogP contribution < -0.4 is 4.74 Å². The summed E-state index contributed by atoms with van der Waals surface area (Å²) >= 11 is 6.04. The van der Waals surface area contributed by atoms with Crippen molar-refractivity contribution in [2.45, 2.75) is 19.8 Å². The zero-order chi connectivity index (χ0) is 15.5. The minimum Gasteiger partial charge on any atom is -0.424 e. The van der Waals surface area contributed by atoms with Crippen molar-refractivity contribution < 1.29 is 13.9 Å². The first-order chi connectivity index (χ1) is 10.6. The second-order valence-electron chi connectivity index (χ2n) is 5.65. The van der Waals surface area contributed by atoms with Crippen LogP contribution in [0.1, 0.15) is 30.3 Å². The summed E-state index contributed by atoms with van der Waals surface area (Å²) in [5.41, 5.74) is 0. The molecule has 0 saturated carbocycles. The van der Waals surface area contributed by atoms with Crippen molar-refractivity contribution >= 4 is 17.5 Å². The number of rotatable bonds is 3. The Kier molecular flexibility index (Phi) is 4.39. The number of carbonyl (C=O) groups excluding carboxylic acids is 1. The van der Waals surface area contributed by atoms with Gasteiger partial charge in [-0.15, -0.1) is 0 Å². The molecule has 0 spiro atoms. The van der Waals surface area contributed by atoms with E-state index in [9.17, 15) is 4.79 Å². The molecule has 0 aliphatic carbocycles. The molecule has 1 aliphatic heterocycles. The molecular weight excluding hydrogens is 302 g/mol. The summed E-state index contributed by atoms with van der Waals surface area (Å²) in [7, 11) is 0. The highest BCUT2D eigenvalue weighted by Crippen LogP contribution is 2.30. The zero-order valence-electron chi connectivity index (χ0n) is 12.4. The number of hydrogen-bond acceptors (Lipinski definition) is 3. The quantitative estimate of drug-likeness (QED) is 0.830. The lowest BCUT2D eigenvalue weighted by Gasteiger charge is -2.30. The van der Waals surface area contributed by atoms with Crippen molar-refractivity contribution in [3.8, 4) is 11.7 Å². The molecule has 1 aromatic heterocycles. The van der Waals surface area contributed by atoms with Crippen LogP contribution >= 0.6 is 11.6 Å². The summed E-state index contributed by atoms with van der Waals surface area (Å²) in [4.78, 5) is 14.3. The Morgan fingerprint density at radius 2 is 2.14 bits per heavy atom. The normalized spacial score (nSPS) is 18.3. The number of hydrogen-bond donors (Lipinski definition) is 0. The highest BCUT2D eigenvalue weighted by Gasteiger charge is 2.24. The number of benzene rings is 1. The maximum atomic E-state index is 12.4. The number of amides is 1. The largest absolute Gasteiger partial charge is 0.424 e. The number of piperidine rings is 1. The molecule has 0 N–H and O–H groups in total. The fraction of sp³-hybridized carbons (Fsp3) is 0.353. The Balaban J connectivity index is 1.71. The summed E-state index contributed by atoms with van der Waals surface area (Å²) < 4.78 is 11.1. The van der Waals surface area contributed by atoms with Crippen molar-refractivity contribution in [3.05, 3.63) is 47.2 Å². The van der Waals surface area contributed by atoms with E-state index in [1.807, 2.05) is 17.0 Å². The molecule has 2 aromatic rings. The van der Waals surface area contributed by atoms with Crippen LogP contribution in [0.2, 0.25) is 5.02 Å². The Hall–Kier alpha value is -1.94. The predicted molar refractivity (Wildman–Crippen MR) is 84.5 cm³/mol. The molecule has 1 saturated heterocycles. The van der Waals surface area contributed by atoms with E-state index in [-0.39, 0.29) is 11.9 Å². The summed E-state index contributed by atoms with van der Waals surface area (Å²) in [5, 5.41) is 0.497. The molecule has 116 valence electrons. The van der Waals surface area contributed by atoms with Crippen molar-refractivity contribution in [2.24, 2.45) is 5.92 Å². The highest BCUT2D eigenvalue weighted by molar-refractivity contribution is 6.32. The first-order valence-corrected chi connectivity index (χ1v) is 7.83. The lowest BCUT2D eigenvalue weighted by Crippen LogP contribution is -2.38. The van der Waals surface area contributed by atoms with E-state index >= 15 is 0 Å². The zero-order valence-corrected chi connectivity index (χ0v) is 13.2. The van der Waals surface area contributed by atoms with Gasteiger partial charge in [0.1, 0.15) is 5.75 Å². The minimum atomic E-state index is -0.0828. The van der Waals surface area contributed by atoms with Crippen LogP contribution in [0.3, 0.4) is 0 Å². The van der Waals surface area contributed by atoms with Gasteiger partial charge in [0.25, 0.3) is 11.9 Å². The van der Waals surface area contributed by atoms with Gasteiger partial charge in [-0.25, -0.2) is 0 Å². The molecule has 2 heterocycles. The van der Waals surface area contributed by atoms with E-state index in [0.29, 0.717) is 22.5 Å². The van der Waals surface area contributed by atoms with E-state index in [1.165, 1.54) is 6.42 Å². The van der Waals surface area contributed by atoms with Crippen LogP contribution in [-0.2, 0) is 0 Å². The average molecular weight is 320 g/mol. The van der Waals surface area contributed by atoms with Gasteiger partial charge in [0.15, 0.2) is 5.76 Å². The molecule has 1 aromatic carbocycles. The Morgan fingerprint density at radius 3 is 2.91 bits per heavy atom. The number of nitrogens with zero attached hydrogens (tertiary/aromatic N) is 1. The Bertz CT molecular complexity index is 667. The molecule has 4 nitrogen and oxygen atoms in total. The van der Waals surface area contributed by atoms with Gasteiger partial charge in [-0.1, -0.05) is 30.7 Å².